The quantitative estimate of drug-likeness (QED) is 0.756. The number of carboxylic acid groups (broad SMARTS) is 1. The van der Waals surface area contributed by atoms with Gasteiger partial charge in [-0.05, 0) is 44.0 Å². The second-order valence-electron chi connectivity index (χ2n) is 4.33. The van der Waals surface area contributed by atoms with Crippen LogP contribution < -0.4 is 5.32 Å². The van der Waals surface area contributed by atoms with Crippen LogP contribution in [0.1, 0.15) is 16.8 Å². The van der Waals surface area contributed by atoms with Crippen molar-refractivity contribution in [3.63, 3.8) is 0 Å². The molecule has 0 fully saturated rings. The van der Waals surface area contributed by atoms with Gasteiger partial charge in [-0.25, -0.2) is 4.39 Å². The van der Waals surface area contributed by atoms with Crippen molar-refractivity contribution in [1.82, 2.24) is 9.78 Å². The van der Waals surface area contributed by atoms with Crippen molar-refractivity contribution in [2.45, 2.75) is 13.0 Å². The molecule has 22 heavy (non-hydrogen) atoms. The zero-order valence-electron chi connectivity index (χ0n) is 11.0. The summed E-state index contributed by atoms with van der Waals surface area (Å²) in [5.41, 5.74) is 0.665. The topological polar surface area (TPSA) is 84.2 Å². The van der Waals surface area contributed by atoms with Crippen LogP contribution in [0, 0.1) is 5.82 Å². The number of amides is 1. The summed E-state index contributed by atoms with van der Waals surface area (Å²) >= 11 is 6.35. The number of nitrogens with zero attached hydrogens (tertiary/aromatic N) is 2. The van der Waals surface area contributed by atoms with E-state index in [2.05, 4.69) is 42.3 Å². The fourth-order valence-electron chi connectivity index (χ4n) is 1.66. The van der Waals surface area contributed by atoms with Crippen molar-refractivity contribution in [2.24, 2.45) is 0 Å². The van der Waals surface area contributed by atoms with E-state index in [1.807, 2.05) is 0 Å². The van der Waals surface area contributed by atoms with Crippen LogP contribution in [0.5, 0.6) is 0 Å². The highest BCUT2D eigenvalue weighted by Crippen LogP contribution is 2.32. The molecule has 0 aliphatic heterocycles. The molecule has 0 spiro atoms. The van der Waals surface area contributed by atoms with Crippen LogP contribution in [-0.2, 0) is 11.3 Å². The largest absolute Gasteiger partial charge is 0.481 e. The van der Waals surface area contributed by atoms with Crippen molar-refractivity contribution in [3.8, 4) is 0 Å². The molecule has 116 valence electrons. The van der Waals surface area contributed by atoms with E-state index in [0.717, 1.165) is 0 Å². The summed E-state index contributed by atoms with van der Waals surface area (Å²) < 4.78 is 15.3. The summed E-state index contributed by atoms with van der Waals surface area (Å²) in [4.78, 5) is 22.6. The molecule has 0 radical (unpaired) electrons. The lowest BCUT2D eigenvalue weighted by atomic mass is 10.3. The highest BCUT2D eigenvalue weighted by atomic mass is 79.9. The average molecular weight is 435 g/mol. The maximum atomic E-state index is 13.2. The third-order valence-electron chi connectivity index (χ3n) is 2.70. The fourth-order valence-corrected chi connectivity index (χ4v) is 2.99. The number of carbonyl (C=O) groups excluding carboxylic acids is 1. The van der Waals surface area contributed by atoms with Crippen molar-refractivity contribution < 1.29 is 19.1 Å². The summed E-state index contributed by atoms with van der Waals surface area (Å²) in [6.07, 6.45) is 2.70. The Kier molecular flexibility index (Phi) is 5.30. The van der Waals surface area contributed by atoms with Gasteiger partial charge in [-0.15, -0.1) is 0 Å². The Hall–Kier alpha value is -1.74. The molecule has 0 bridgehead atoms. The smallest absolute Gasteiger partial charge is 0.305 e. The van der Waals surface area contributed by atoms with E-state index in [-0.39, 0.29) is 18.5 Å². The standard InChI is InChI=1S/C13H10Br2FN3O3/c14-9-3-8(16)4-10(15)12(9)18-13(22)7-5-17-19(6-7)2-1-11(20)21/h3-6H,1-2H2,(H,18,22)(H,20,21). The predicted octanol–water partition coefficient (Wildman–Crippen LogP) is 3.27. The van der Waals surface area contributed by atoms with E-state index < -0.39 is 17.7 Å². The summed E-state index contributed by atoms with van der Waals surface area (Å²) in [6, 6.07) is 2.47. The lowest BCUT2D eigenvalue weighted by Gasteiger charge is -2.09. The van der Waals surface area contributed by atoms with E-state index in [9.17, 15) is 14.0 Å². The molecular formula is C13H10Br2FN3O3. The first kappa shape index (κ1) is 16.6. The van der Waals surface area contributed by atoms with Gasteiger partial charge in [-0.1, -0.05) is 0 Å². The summed E-state index contributed by atoms with van der Waals surface area (Å²) in [6.45, 7) is 0.173. The average Bonchev–Trinajstić information content (AvgIpc) is 2.89. The van der Waals surface area contributed by atoms with Gasteiger partial charge in [0.1, 0.15) is 5.82 Å². The number of carbonyl (C=O) groups is 2. The second-order valence-corrected chi connectivity index (χ2v) is 6.04. The molecule has 6 nitrogen and oxygen atoms in total. The zero-order valence-corrected chi connectivity index (χ0v) is 14.2. The summed E-state index contributed by atoms with van der Waals surface area (Å²) in [7, 11) is 0. The van der Waals surface area contributed by atoms with Gasteiger partial charge in [0.05, 0.1) is 30.4 Å². The molecular weight excluding hydrogens is 425 g/mol. The van der Waals surface area contributed by atoms with E-state index in [1.54, 1.807) is 0 Å². The molecule has 1 amide bonds. The van der Waals surface area contributed by atoms with Crippen LogP contribution in [-0.4, -0.2) is 26.8 Å². The first-order valence-corrected chi connectivity index (χ1v) is 7.65. The van der Waals surface area contributed by atoms with Crippen LogP contribution in [0.3, 0.4) is 0 Å². The maximum Gasteiger partial charge on any atom is 0.305 e. The lowest BCUT2D eigenvalue weighted by molar-refractivity contribution is -0.137. The van der Waals surface area contributed by atoms with Gasteiger partial charge in [-0.2, -0.15) is 5.10 Å². The van der Waals surface area contributed by atoms with E-state index in [4.69, 9.17) is 5.11 Å². The number of rotatable bonds is 5. The number of aliphatic carboxylic acids is 1. The minimum atomic E-state index is -0.944. The molecule has 9 heteroatoms. The van der Waals surface area contributed by atoms with Gasteiger partial charge in [0.15, 0.2) is 0 Å². The number of carboxylic acids is 1. The Labute approximate surface area is 141 Å². The van der Waals surface area contributed by atoms with Gasteiger partial charge >= 0.3 is 5.97 Å². The maximum absolute atomic E-state index is 13.2. The van der Waals surface area contributed by atoms with Crippen LogP contribution >= 0.6 is 31.9 Å². The fraction of sp³-hybridized carbons (Fsp3) is 0.154. The molecule has 2 aromatic rings. The minimum Gasteiger partial charge on any atom is -0.481 e. The third-order valence-corrected chi connectivity index (χ3v) is 3.95. The Balaban J connectivity index is 2.11. The van der Waals surface area contributed by atoms with Crippen molar-refractivity contribution >= 4 is 49.4 Å². The van der Waals surface area contributed by atoms with Crippen LogP contribution in [0.4, 0.5) is 10.1 Å². The highest BCUT2D eigenvalue weighted by Gasteiger charge is 2.14. The molecule has 0 saturated heterocycles. The molecule has 0 unspecified atom stereocenters. The highest BCUT2D eigenvalue weighted by molar-refractivity contribution is 9.11. The van der Waals surface area contributed by atoms with Gasteiger partial charge in [0, 0.05) is 15.1 Å². The summed E-state index contributed by atoms with van der Waals surface area (Å²) in [5.74, 6) is -1.83. The number of benzene rings is 1. The van der Waals surface area contributed by atoms with Crippen molar-refractivity contribution in [1.29, 1.82) is 0 Å². The number of halogens is 3. The number of hydrogen-bond acceptors (Lipinski definition) is 3. The molecule has 0 aliphatic carbocycles. The second kappa shape index (κ2) is 7.01. The monoisotopic (exact) mass is 433 g/mol. The van der Waals surface area contributed by atoms with Gasteiger partial charge in [0.2, 0.25) is 0 Å². The number of hydrogen-bond donors (Lipinski definition) is 2. The van der Waals surface area contributed by atoms with Crippen molar-refractivity contribution in [2.75, 3.05) is 5.32 Å². The molecule has 0 atom stereocenters. The normalized spacial score (nSPS) is 10.5. The van der Waals surface area contributed by atoms with Gasteiger partial charge in [-0.3, -0.25) is 14.3 Å². The molecule has 1 aromatic heterocycles. The Morgan fingerprint density at radius 2 is 1.95 bits per heavy atom. The van der Waals surface area contributed by atoms with E-state index in [0.29, 0.717) is 14.6 Å². The van der Waals surface area contributed by atoms with E-state index in [1.165, 1.54) is 29.2 Å². The minimum absolute atomic E-state index is 0.0855. The van der Waals surface area contributed by atoms with Crippen LogP contribution in [0.25, 0.3) is 0 Å². The zero-order chi connectivity index (χ0) is 16.3. The molecule has 0 saturated carbocycles. The number of aryl methyl sites for hydroxylation is 1. The summed E-state index contributed by atoms with van der Waals surface area (Å²) in [5, 5.41) is 15.2. The lowest BCUT2D eigenvalue weighted by Crippen LogP contribution is -2.12. The molecule has 2 N–H and O–H groups in total. The Bertz CT molecular complexity index is 710. The molecule has 1 heterocycles. The molecule has 0 aliphatic rings. The van der Waals surface area contributed by atoms with E-state index >= 15 is 0 Å². The number of nitrogens with one attached hydrogen (secondary N) is 1. The number of anilines is 1. The molecule has 1 aromatic carbocycles. The number of aromatic nitrogens is 2. The van der Waals surface area contributed by atoms with Crippen molar-refractivity contribution in [3.05, 3.63) is 44.9 Å². The Morgan fingerprint density at radius 3 is 2.55 bits per heavy atom. The first-order valence-electron chi connectivity index (χ1n) is 6.07. The van der Waals surface area contributed by atoms with Crippen LogP contribution in [0.15, 0.2) is 33.5 Å². The first-order chi connectivity index (χ1) is 10.4. The predicted molar refractivity (Wildman–Crippen MR) is 84.2 cm³/mol. The SMILES string of the molecule is O=C(O)CCn1cc(C(=O)Nc2c(Br)cc(F)cc2Br)cn1. The third kappa shape index (κ3) is 4.14. The van der Waals surface area contributed by atoms with Gasteiger partial charge in [0.25, 0.3) is 5.91 Å². The Morgan fingerprint density at radius 1 is 1.32 bits per heavy atom. The molecule has 2 rings (SSSR count). The van der Waals surface area contributed by atoms with Crippen LogP contribution in [0.2, 0.25) is 0 Å². The van der Waals surface area contributed by atoms with Gasteiger partial charge < -0.3 is 10.4 Å².